The number of hydrogen-bond acceptors (Lipinski definition) is 5. The van der Waals surface area contributed by atoms with Crippen LogP contribution in [0, 0.1) is 0 Å². The predicted molar refractivity (Wildman–Crippen MR) is 88.1 cm³/mol. The van der Waals surface area contributed by atoms with E-state index in [0.717, 1.165) is 28.8 Å². The van der Waals surface area contributed by atoms with E-state index in [4.69, 9.17) is 4.98 Å². The number of thiophene rings is 1. The molecule has 0 radical (unpaired) electrons. The third-order valence-electron chi connectivity index (χ3n) is 3.70. The molecule has 4 rings (SSSR count). The first-order valence-corrected chi connectivity index (χ1v) is 8.06. The Balaban J connectivity index is 1.89. The van der Waals surface area contributed by atoms with E-state index in [-0.39, 0.29) is 5.91 Å². The van der Waals surface area contributed by atoms with E-state index in [1.807, 2.05) is 46.0 Å². The third-order valence-corrected chi connectivity index (χ3v) is 4.38. The van der Waals surface area contributed by atoms with Crippen molar-refractivity contribution in [1.82, 2.24) is 15.3 Å². The van der Waals surface area contributed by atoms with Gasteiger partial charge >= 0.3 is 0 Å². The second kappa shape index (κ2) is 5.38. The molecule has 0 bridgehead atoms. The average Bonchev–Trinajstić information content (AvgIpc) is 3.08. The first kappa shape index (κ1) is 13.2. The van der Waals surface area contributed by atoms with Gasteiger partial charge in [0.05, 0.1) is 12.1 Å². The van der Waals surface area contributed by atoms with Crippen LogP contribution in [0.5, 0.6) is 0 Å². The molecule has 0 unspecified atom stereocenters. The fourth-order valence-corrected chi connectivity index (χ4v) is 3.28. The Morgan fingerprint density at radius 2 is 2.09 bits per heavy atom. The summed E-state index contributed by atoms with van der Waals surface area (Å²) in [5.74, 6) is 1.58. The Kier molecular flexibility index (Phi) is 3.23. The number of anilines is 1. The van der Waals surface area contributed by atoms with E-state index in [1.165, 1.54) is 0 Å². The van der Waals surface area contributed by atoms with Crippen LogP contribution in [0.4, 0.5) is 5.82 Å². The van der Waals surface area contributed by atoms with E-state index in [0.29, 0.717) is 18.9 Å². The van der Waals surface area contributed by atoms with Gasteiger partial charge in [0.25, 0.3) is 0 Å². The fourth-order valence-electron chi connectivity index (χ4n) is 2.64. The number of para-hydroxylation sites is 1. The minimum Gasteiger partial charge on any atom is -0.353 e. The summed E-state index contributed by atoms with van der Waals surface area (Å²) in [5.41, 5.74) is 1.91. The first-order valence-electron chi connectivity index (χ1n) is 7.12. The standard InChI is InChI=1S/C16H14N4OS/c21-14-9-20(7-6-17-14)16-12-3-1-2-4-13(12)18-15(19-16)11-5-8-22-10-11/h1-5,8,10H,6-7,9H2,(H,17,21). The second-order valence-electron chi connectivity index (χ2n) is 5.17. The van der Waals surface area contributed by atoms with Crippen molar-refractivity contribution in [1.29, 1.82) is 0 Å². The number of rotatable bonds is 2. The van der Waals surface area contributed by atoms with Gasteiger partial charge in [-0.25, -0.2) is 9.97 Å². The lowest BCUT2D eigenvalue weighted by molar-refractivity contribution is -0.120. The number of piperazine rings is 1. The van der Waals surface area contributed by atoms with Crippen molar-refractivity contribution in [3.8, 4) is 11.4 Å². The SMILES string of the molecule is O=C1CN(c2nc(-c3ccsc3)nc3ccccc23)CCN1. The van der Waals surface area contributed by atoms with E-state index in [9.17, 15) is 4.79 Å². The summed E-state index contributed by atoms with van der Waals surface area (Å²) in [7, 11) is 0. The summed E-state index contributed by atoms with van der Waals surface area (Å²) in [6.45, 7) is 1.74. The predicted octanol–water partition coefficient (Wildman–Crippen LogP) is 2.29. The van der Waals surface area contributed by atoms with Gasteiger partial charge in [0, 0.05) is 29.4 Å². The number of carbonyl (C=O) groups excluding carboxylic acids is 1. The van der Waals surface area contributed by atoms with Crippen molar-refractivity contribution < 1.29 is 4.79 Å². The molecule has 1 N–H and O–H groups in total. The normalized spacial score (nSPS) is 15.1. The highest BCUT2D eigenvalue weighted by molar-refractivity contribution is 7.08. The van der Waals surface area contributed by atoms with Gasteiger partial charge in [-0.3, -0.25) is 4.79 Å². The molecule has 110 valence electrons. The number of aromatic nitrogens is 2. The Morgan fingerprint density at radius 3 is 2.91 bits per heavy atom. The van der Waals surface area contributed by atoms with Crippen molar-refractivity contribution in [2.24, 2.45) is 0 Å². The molecule has 0 aliphatic carbocycles. The van der Waals surface area contributed by atoms with Gasteiger partial charge in [-0.1, -0.05) is 12.1 Å². The Labute approximate surface area is 131 Å². The molecule has 0 spiro atoms. The van der Waals surface area contributed by atoms with E-state index >= 15 is 0 Å². The largest absolute Gasteiger partial charge is 0.353 e. The lowest BCUT2D eigenvalue weighted by atomic mass is 10.2. The van der Waals surface area contributed by atoms with Crippen LogP contribution in [0.3, 0.4) is 0 Å². The lowest BCUT2D eigenvalue weighted by Gasteiger charge is -2.28. The Bertz CT molecular complexity index is 831. The van der Waals surface area contributed by atoms with Gasteiger partial charge in [-0.15, -0.1) is 0 Å². The van der Waals surface area contributed by atoms with Crippen molar-refractivity contribution in [3.63, 3.8) is 0 Å². The van der Waals surface area contributed by atoms with Gasteiger partial charge in [0.15, 0.2) is 5.82 Å². The quantitative estimate of drug-likeness (QED) is 0.789. The Hall–Kier alpha value is -2.47. The maximum absolute atomic E-state index is 11.7. The molecule has 1 fully saturated rings. The fraction of sp³-hybridized carbons (Fsp3) is 0.188. The maximum atomic E-state index is 11.7. The monoisotopic (exact) mass is 310 g/mol. The molecule has 1 aliphatic rings. The summed E-state index contributed by atoms with van der Waals surface area (Å²) in [6, 6.07) is 9.96. The van der Waals surface area contributed by atoms with E-state index in [1.54, 1.807) is 11.3 Å². The van der Waals surface area contributed by atoms with Crippen LogP contribution >= 0.6 is 11.3 Å². The molecule has 3 heterocycles. The summed E-state index contributed by atoms with van der Waals surface area (Å²) in [6.07, 6.45) is 0. The van der Waals surface area contributed by atoms with Crippen molar-refractivity contribution in [2.75, 3.05) is 24.5 Å². The Morgan fingerprint density at radius 1 is 1.18 bits per heavy atom. The number of nitrogens with zero attached hydrogens (tertiary/aromatic N) is 3. The van der Waals surface area contributed by atoms with Gasteiger partial charge in [0.1, 0.15) is 5.82 Å². The highest BCUT2D eigenvalue weighted by atomic mass is 32.1. The topological polar surface area (TPSA) is 58.1 Å². The van der Waals surface area contributed by atoms with Crippen LogP contribution in [0.25, 0.3) is 22.3 Å². The smallest absolute Gasteiger partial charge is 0.239 e. The first-order chi connectivity index (χ1) is 10.8. The molecule has 3 aromatic rings. The molecule has 22 heavy (non-hydrogen) atoms. The maximum Gasteiger partial charge on any atom is 0.239 e. The average molecular weight is 310 g/mol. The minimum absolute atomic E-state index is 0.0334. The molecule has 1 saturated heterocycles. The van der Waals surface area contributed by atoms with Gasteiger partial charge in [0.2, 0.25) is 5.91 Å². The molecular formula is C16H14N4OS. The molecule has 5 nitrogen and oxygen atoms in total. The van der Waals surface area contributed by atoms with Crippen LogP contribution in [0.2, 0.25) is 0 Å². The van der Waals surface area contributed by atoms with Crippen LogP contribution in [-0.2, 0) is 4.79 Å². The molecule has 1 aliphatic heterocycles. The highest BCUT2D eigenvalue weighted by Crippen LogP contribution is 2.28. The zero-order valence-electron chi connectivity index (χ0n) is 11.8. The zero-order chi connectivity index (χ0) is 14.9. The number of nitrogens with one attached hydrogen (secondary N) is 1. The molecule has 0 saturated carbocycles. The minimum atomic E-state index is 0.0334. The summed E-state index contributed by atoms with van der Waals surface area (Å²) >= 11 is 1.62. The highest BCUT2D eigenvalue weighted by Gasteiger charge is 2.21. The van der Waals surface area contributed by atoms with E-state index < -0.39 is 0 Å². The zero-order valence-corrected chi connectivity index (χ0v) is 12.6. The molecule has 6 heteroatoms. The third kappa shape index (κ3) is 2.31. The van der Waals surface area contributed by atoms with Crippen LogP contribution in [0.1, 0.15) is 0 Å². The molecular weight excluding hydrogens is 296 g/mol. The van der Waals surface area contributed by atoms with Crippen LogP contribution in [0.15, 0.2) is 41.1 Å². The van der Waals surface area contributed by atoms with Crippen molar-refractivity contribution in [2.45, 2.75) is 0 Å². The van der Waals surface area contributed by atoms with Crippen molar-refractivity contribution in [3.05, 3.63) is 41.1 Å². The molecule has 2 aromatic heterocycles. The summed E-state index contributed by atoms with van der Waals surface area (Å²) in [4.78, 5) is 23.1. The van der Waals surface area contributed by atoms with Crippen LogP contribution in [-0.4, -0.2) is 35.5 Å². The van der Waals surface area contributed by atoms with Gasteiger partial charge < -0.3 is 10.2 Å². The van der Waals surface area contributed by atoms with Crippen LogP contribution < -0.4 is 10.2 Å². The lowest BCUT2D eigenvalue weighted by Crippen LogP contribution is -2.48. The van der Waals surface area contributed by atoms with E-state index in [2.05, 4.69) is 10.3 Å². The summed E-state index contributed by atoms with van der Waals surface area (Å²) < 4.78 is 0. The molecule has 0 atom stereocenters. The number of hydrogen-bond donors (Lipinski definition) is 1. The number of amides is 1. The molecule has 1 aromatic carbocycles. The van der Waals surface area contributed by atoms with Crippen molar-refractivity contribution >= 4 is 34.0 Å². The van der Waals surface area contributed by atoms with Gasteiger partial charge in [-0.2, -0.15) is 11.3 Å². The second-order valence-corrected chi connectivity index (χ2v) is 5.95. The number of fused-ring (bicyclic) bond motifs is 1. The van der Waals surface area contributed by atoms with Gasteiger partial charge in [-0.05, 0) is 23.6 Å². The summed E-state index contributed by atoms with van der Waals surface area (Å²) in [5, 5.41) is 7.89. The number of benzene rings is 1. The number of carbonyl (C=O) groups is 1. The molecule has 1 amide bonds.